The number of hydrogen-bond donors (Lipinski definition) is 1. The van der Waals surface area contributed by atoms with Gasteiger partial charge in [0.25, 0.3) is 0 Å². The van der Waals surface area contributed by atoms with Crippen molar-refractivity contribution in [3.05, 3.63) is 42.1 Å². The van der Waals surface area contributed by atoms with E-state index in [0.29, 0.717) is 38.6 Å². The molecule has 0 bridgehead atoms. The molecule has 2 aromatic rings. The van der Waals surface area contributed by atoms with Crippen molar-refractivity contribution in [2.75, 3.05) is 26.2 Å². The highest BCUT2D eigenvalue weighted by molar-refractivity contribution is 7.89. The van der Waals surface area contributed by atoms with E-state index in [9.17, 15) is 16.8 Å². The van der Waals surface area contributed by atoms with Gasteiger partial charge in [0.15, 0.2) is 0 Å². The summed E-state index contributed by atoms with van der Waals surface area (Å²) in [5.74, 6) is 1.43. The summed E-state index contributed by atoms with van der Waals surface area (Å²) in [6.45, 7) is 8.41. The van der Waals surface area contributed by atoms with Crippen molar-refractivity contribution in [1.82, 2.24) is 14.2 Å². The lowest BCUT2D eigenvalue weighted by molar-refractivity contribution is 0.166. The Morgan fingerprint density at radius 3 is 2.03 bits per heavy atom. The van der Waals surface area contributed by atoms with Gasteiger partial charge >= 0.3 is 0 Å². The molecule has 1 saturated heterocycles. The van der Waals surface area contributed by atoms with Gasteiger partial charge in [-0.25, -0.2) is 27.0 Å². The molecule has 9 nitrogen and oxygen atoms in total. The van der Waals surface area contributed by atoms with Crippen LogP contribution in [0, 0.1) is 0 Å². The molecule has 29 heavy (non-hydrogen) atoms. The Balaban J connectivity index is 1.63. The standard InChI is InChI=1S/C18H26N4O5S2/c1-18(2,3)16-12-20-17(27-16)13-21-8-10-22(11-9-21)29(25,26)15-6-4-14(5-7-15)28(19,23)24/h4-7,12H,8-11,13H2,1-3H3,(H2,19,23,24). The second-order valence-corrected chi connectivity index (χ2v) is 11.6. The van der Waals surface area contributed by atoms with Gasteiger partial charge in [0.1, 0.15) is 5.76 Å². The Morgan fingerprint density at radius 1 is 1.00 bits per heavy atom. The molecule has 11 heteroatoms. The number of aromatic nitrogens is 1. The Labute approximate surface area is 171 Å². The van der Waals surface area contributed by atoms with Crippen LogP contribution in [0.5, 0.6) is 0 Å². The van der Waals surface area contributed by atoms with Crippen molar-refractivity contribution < 1.29 is 21.3 Å². The van der Waals surface area contributed by atoms with Crippen molar-refractivity contribution in [1.29, 1.82) is 0 Å². The zero-order valence-electron chi connectivity index (χ0n) is 16.7. The van der Waals surface area contributed by atoms with Crippen LogP contribution in [0.4, 0.5) is 0 Å². The third-order valence-corrected chi connectivity index (χ3v) is 7.62. The smallest absolute Gasteiger partial charge is 0.243 e. The summed E-state index contributed by atoms with van der Waals surface area (Å²) in [5, 5.41) is 5.06. The molecule has 160 valence electrons. The summed E-state index contributed by atoms with van der Waals surface area (Å²) in [5.41, 5.74) is -0.114. The number of hydrogen-bond acceptors (Lipinski definition) is 7. The molecule has 1 aliphatic heterocycles. The van der Waals surface area contributed by atoms with Gasteiger partial charge in [0, 0.05) is 31.6 Å². The van der Waals surface area contributed by atoms with Crippen LogP contribution in [0.2, 0.25) is 0 Å². The molecule has 3 rings (SSSR count). The van der Waals surface area contributed by atoms with Crippen LogP contribution in [0.15, 0.2) is 44.7 Å². The quantitative estimate of drug-likeness (QED) is 0.735. The van der Waals surface area contributed by atoms with Crippen LogP contribution in [0.3, 0.4) is 0 Å². The van der Waals surface area contributed by atoms with Gasteiger partial charge in [-0.15, -0.1) is 0 Å². The molecule has 0 spiro atoms. The predicted molar refractivity (Wildman–Crippen MR) is 107 cm³/mol. The Morgan fingerprint density at radius 2 is 1.55 bits per heavy atom. The van der Waals surface area contributed by atoms with Crippen LogP contribution in [0.1, 0.15) is 32.4 Å². The summed E-state index contributed by atoms with van der Waals surface area (Å²) in [7, 11) is -7.57. The van der Waals surface area contributed by atoms with E-state index in [-0.39, 0.29) is 15.2 Å². The second-order valence-electron chi connectivity index (χ2n) is 8.06. The highest BCUT2D eigenvalue weighted by Crippen LogP contribution is 2.24. The van der Waals surface area contributed by atoms with Crippen LogP contribution < -0.4 is 5.14 Å². The summed E-state index contributed by atoms with van der Waals surface area (Å²) < 4.78 is 55.5. The first-order chi connectivity index (χ1) is 13.4. The van der Waals surface area contributed by atoms with Crippen molar-refractivity contribution in [2.24, 2.45) is 5.14 Å². The third-order valence-electron chi connectivity index (χ3n) is 4.77. The zero-order valence-corrected chi connectivity index (χ0v) is 18.3. The number of oxazole rings is 1. The lowest BCUT2D eigenvalue weighted by Crippen LogP contribution is -2.48. The minimum absolute atomic E-state index is 0.0425. The van der Waals surface area contributed by atoms with Crippen LogP contribution >= 0.6 is 0 Å². The first kappa shape index (κ1) is 21.9. The van der Waals surface area contributed by atoms with Crippen molar-refractivity contribution in [2.45, 2.75) is 42.5 Å². The number of benzene rings is 1. The molecule has 0 saturated carbocycles. The van der Waals surface area contributed by atoms with Gasteiger partial charge in [-0.05, 0) is 24.3 Å². The Bertz CT molecular complexity index is 1060. The molecule has 1 aromatic heterocycles. The lowest BCUT2D eigenvalue weighted by Gasteiger charge is -2.33. The van der Waals surface area contributed by atoms with Crippen molar-refractivity contribution in [3.8, 4) is 0 Å². The maximum absolute atomic E-state index is 12.8. The second kappa shape index (κ2) is 7.80. The van der Waals surface area contributed by atoms with E-state index in [2.05, 4.69) is 30.7 Å². The van der Waals surface area contributed by atoms with E-state index >= 15 is 0 Å². The van der Waals surface area contributed by atoms with Gasteiger partial charge in [-0.1, -0.05) is 20.8 Å². The van der Waals surface area contributed by atoms with Crippen molar-refractivity contribution >= 4 is 20.0 Å². The molecule has 0 unspecified atom stereocenters. The summed E-state index contributed by atoms with van der Waals surface area (Å²) in [6.07, 6.45) is 1.74. The van der Waals surface area contributed by atoms with Crippen molar-refractivity contribution in [3.63, 3.8) is 0 Å². The molecule has 1 aromatic carbocycles. The maximum atomic E-state index is 12.8. The monoisotopic (exact) mass is 442 g/mol. The molecule has 0 radical (unpaired) electrons. The van der Waals surface area contributed by atoms with E-state index in [4.69, 9.17) is 9.56 Å². The third kappa shape index (κ3) is 5.04. The van der Waals surface area contributed by atoms with Crippen LogP contribution in [-0.2, 0) is 32.0 Å². The van der Waals surface area contributed by atoms with Gasteiger partial charge in [-0.2, -0.15) is 4.31 Å². The average Bonchev–Trinajstić information content (AvgIpc) is 3.10. The fraction of sp³-hybridized carbons (Fsp3) is 0.500. The average molecular weight is 443 g/mol. The largest absolute Gasteiger partial charge is 0.444 e. The minimum Gasteiger partial charge on any atom is -0.444 e. The molecule has 1 fully saturated rings. The normalized spacial score (nSPS) is 17.5. The fourth-order valence-electron chi connectivity index (χ4n) is 3.00. The summed E-state index contributed by atoms with van der Waals surface area (Å²) >= 11 is 0. The first-order valence-corrected chi connectivity index (χ1v) is 12.2. The number of rotatable bonds is 5. The molecule has 0 amide bonds. The lowest BCUT2D eigenvalue weighted by atomic mass is 9.94. The summed E-state index contributed by atoms with van der Waals surface area (Å²) in [6, 6.07) is 4.94. The molecular formula is C18H26N4O5S2. The Hall–Kier alpha value is -1.79. The predicted octanol–water partition coefficient (Wildman–Crippen LogP) is 1.13. The van der Waals surface area contributed by atoms with Crippen LogP contribution in [0.25, 0.3) is 0 Å². The topological polar surface area (TPSA) is 127 Å². The fourth-order valence-corrected chi connectivity index (χ4v) is 4.94. The van der Waals surface area contributed by atoms with E-state index < -0.39 is 20.0 Å². The molecule has 0 aliphatic carbocycles. The number of sulfonamides is 2. The summed E-state index contributed by atoms with van der Waals surface area (Å²) in [4.78, 5) is 6.33. The van der Waals surface area contributed by atoms with E-state index in [1.54, 1.807) is 6.20 Å². The minimum atomic E-state index is -3.86. The van der Waals surface area contributed by atoms with Gasteiger partial charge in [0.2, 0.25) is 25.9 Å². The number of nitrogens with two attached hydrogens (primary N) is 1. The van der Waals surface area contributed by atoms with E-state index in [0.717, 1.165) is 5.76 Å². The van der Waals surface area contributed by atoms with E-state index in [1.165, 1.54) is 28.6 Å². The molecular weight excluding hydrogens is 416 g/mol. The van der Waals surface area contributed by atoms with E-state index in [1.807, 2.05) is 0 Å². The molecule has 2 heterocycles. The maximum Gasteiger partial charge on any atom is 0.243 e. The SMILES string of the molecule is CC(C)(C)c1cnc(CN2CCN(S(=O)(=O)c3ccc(S(N)(=O)=O)cc3)CC2)o1. The number of piperazine rings is 1. The zero-order chi connectivity index (χ0) is 21.4. The molecule has 0 atom stereocenters. The number of primary sulfonamides is 1. The first-order valence-electron chi connectivity index (χ1n) is 9.18. The molecule has 2 N–H and O–H groups in total. The highest BCUT2D eigenvalue weighted by Gasteiger charge is 2.29. The highest BCUT2D eigenvalue weighted by atomic mass is 32.2. The van der Waals surface area contributed by atoms with Gasteiger partial charge in [0.05, 0.1) is 22.5 Å². The Kier molecular flexibility index (Phi) is 5.89. The molecule has 1 aliphatic rings. The van der Waals surface area contributed by atoms with Gasteiger partial charge < -0.3 is 4.42 Å². The van der Waals surface area contributed by atoms with Crippen LogP contribution in [-0.4, -0.2) is 57.2 Å². The number of nitrogens with zero attached hydrogens (tertiary/aromatic N) is 3. The van der Waals surface area contributed by atoms with Gasteiger partial charge in [-0.3, -0.25) is 4.90 Å².